The molecule has 0 saturated heterocycles. The average Bonchev–Trinajstić information content (AvgIpc) is 2.81. The number of ketones is 2. The Balaban J connectivity index is 0.00000306. The normalized spacial score (nSPS) is 14.8. The largest absolute Gasteiger partial charge is 1.00 e. The van der Waals surface area contributed by atoms with Gasteiger partial charge in [-0.2, -0.15) is 0 Å². The summed E-state index contributed by atoms with van der Waals surface area (Å²) in [5.41, 5.74) is 4.45. The van der Waals surface area contributed by atoms with Gasteiger partial charge in [0.15, 0.2) is 42.0 Å². The predicted octanol–water partition coefficient (Wildman–Crippen LogP) is 1.23. The molecule has 1 aliphatic rings. The van der Waals surface area contributed by atoms with Crippen LogP contribution < -0.4 is 31.0 Å². The van der Waals surface area contributed by atoms with Crippen LogP contribution in [0.5, 0.6) is 11.5 Å². The number of hydrogen-bond acceptors (Lipinski definition) is 4. The molecule has 0 bridgehead atoms. The number of ether oxygens (including phenoxy) is 2. The molecule has 2 aromatic carbocycles. The molecule has 0 radical (unpaired) electrons. The lowest BCUT2D eigenvalue weighted by Crippen LogP contribution is -3.00. The predicted molar refractivity (Wildman–Crippen MR) is 122 cm³/mol. The Hall–Kier alpha value is -2.99. The van der Waals surface area contributed by atoms with Gasteiger partial charge >= 0.3 is 0 Å². The highest BCUT2D eigenvalue weighted by atomic mass is 79.9. The molecule has 3 aromatic rings. The van der Waals surface area contributed by atoms with E-state index >= 15 is 0 Å². The number of carbonyl (C=O) groups excluding carboxylic acids is 2. The average molecular weight is 510 g/mol. The topological polar surface area (TPSA) is 56.5 Å². The fraction of sp³-hybridized carbons (Fsp3) is 0.296. The van der Waals surface area contributed by atoms with Gasteiger partial charge in [-0.3, -0.25) is 9.59 Å². The van der Waals surface area contributed by atoms with Crippen LogP contribution in [-0.2, 0) is 19.4 Å². The molecule has 1 aromatic heterocycles. The number of methoxy groups -OCH3 is 2. The van der Waals surface area contributed by atoms with E-state index in [2.05, 4.69) is 12.1 Å². The summed E-state index contributed by atoms with van der Waals surface area (Å²) in [7, 11) is 3.17. The standard InChI is InChI=1S/C27H28NO4.BrH/c1-18(29)24-17-28(16-19-7-5-4-6-8-19)12-11-21(24)13-22-10-9-20-14-25(31-2)26(32-3)15-23(20)27(22)30;/h4-8,11-12,14-15,17,22H,9-10,13,16H2,1-3H3;1H/q+1;/p-1. The van der Waals surface area contributed by atoms with Crippen molar-refractivity contribution in [2.24, 2.45) is 5.92 Å². The fourth-order valence-corrected chi connectivity index (χ4v) is 4.45. The van der Waals surface area contributed by atoms with Crippen LogP contribution in [0.4, 0.5) is 0 Å². The van der Waals surface area contributed by atoms with Crippen molar-refractivity contribution >= 4 is 11.6 Å². The maximum atomic E-state index is 13.3. The molecule has 0 fully saturated rings. The summed E-state index contributed by atoms with van der Waals surface area (Å²) in [5.74, 6) is 1.15. The second-order valence-electron chi connectivity index (χ2n) is 8.27. The molecule has 5 nitrogen and oxygen atoms in total. The number of Topliss-reactive ketones (excluding diaryl/α,β-unsaturated/α-hetero) is 2. The molecule has 0 saturated carbocycles. The Morgan fingerprint density at radius 1 is 1.06 bits per heavy atom. The van der Waals surface area contributed by atoms with Crippen LogP contribution >= 0.6 is 0 Å². The first kappa shape index (κ1) is 24.6. The van der Waals surface area contributed by atoms with Crippen LogP contribution in [0.1, 0.15) is 50.8 Å². The van der Waals surface area contributed by atoms with Gasteiger partial charge in [-0.1, -0.05) is 30.3 Å². The third kappa shape index (κ3) is 5.33. The van der Waals surface area contributed by atoms with Gasteiger partial charge in [0.1, 0.15) is 0 Å². The smallest absolute Gasteiger partial charge is 0.180 e. The lowest BCUT2D eigenvalue weighted by atomic mass is 9.79. The van der Waals surface area contributed by atoms with E-state index in [4.69, 9.17) is 9.47 Å². The number of rotatable bonds is 7. The zero-order chi connectivity index (χ0) is 22.7. The SMILES string of the molecule is COc1cc2c(cc1OC)C(=O)C(Cc1cc[n+](Cc3ccccc3)cc1C(C)=O)CC2.[Br-]. The molecule has 172 valence electrons. The van der Waals surface area contributed by atoms with Crippen LogP contribution in [-0.4, -0.2) is 25.8 Å². The van der Waals surface area contributed by atoms with Gasteiger partial charge in [0.2, 0.25) is 0 Å². The molecule has 1 aliphatic carbocycles. The molecule has 1 heterocycles. The first-order chi connectivity index (χ1) is 15.5. The van der Waals surface area contributed by atoms with Crippen molar-refractivity contribution in [1.82, 2.24) is 0 Å². The molecule has 1 unspecified atom stereocenters. The van der Waals surface area contributed by atoms with E-state index in [0.717, 1.165) is 24.0 Å². The fourth-order valence-electron chi connectivity index (χ4n) is 4.45. The van der Waals surface area contributed by atoms with Gasteiger partial charge in [-0.05, 0) is 49.4 Å². The molecule has 0 N–H and O–H groups in total. The number of aryl methyl sites for hydroxylation is 1. The van der Waals surface area contributed by atoms with Crippen LogP contribution in [0.2, 0.25) is 0 Å². The first-order valence-electron chi connectivity index (χ1n) is 10.9. The first-order valence-corrected chi connectivity index (χ1v) is 10.9. The monoisotopic (exact) mass is 509 g/mol. The number of pyridine rings is 1. The highest BCUT2D eigenvalue weighted by Crippen LogP contribution is 2.36. The molecule has 0 aliphatic heterocycles. The molecule has 6 heteroatoms. The number of nitrogens with zero attached hydrogens (tertiary/aromatic N) is 1. The van der Waals surface area contributed by atoms with Crippen molar-refractivity contribution in [3.8, 4) is 11.5 Å². The van der Waals surface area contributed by atoms with Crippen LogP contribution in [0.3, 0.4) is 0 Å². The minimum atomic E-state index is -0.163. The van der Waals surface area contributed by atoms with Crippen molar-refractivity contribution in [3.05, 3.63) is 88.7 Å². The zero-order valence-electron chi connectivity index (χ0n) is 19.1. The molecule has 0 amide bonds. The third-order valence-electron chi connectivity index (χ3n) is 6.17. The highest BCUT2D eigenvalue weighted by molar-refractivity contribution is 6.01. The Morgan fingerprint density at radius 2 is 1.76 bits per heavy atom. The van der Waals surface area contributed by atoms with Crippen molar-refractivity contribution in [3.63, 3.8) is 0 Å². The van der Waals surface area contributed by atoms with Crippen molar-refractivity contribution in [2.45, 2.75) is 32.7 Å². The van der Waals surface area contributed by atoms with Gasteiger partial charge in [0.25, 0.3) is 0 Å². The van der Waals surface area contributed by atoms with Crippen molar-refractivity contribution in [2.75, 3.05) is 14.2 Å². The number of carbonyl (C=O) groups is 2. The summed E-state index contributed by atoms with van der Waals surface area (Å²) in [6.07, 6.45) is 5.98. The van der Waals surface area contributed by atoms with Crippen LogP contribution in [0, 0.1) is 5.92 Å². The van der Waals surface area contributed by atoms with E-state index in [-0.39, 0.29) is 34.5 Å². The van der Waals surface area contributed by atoms with E-state index in [1.165, 1.54) is 5.56 Å². The summed E-state index contributed by atoms with van der Waals surface area (Å²) in [6.45, 7) is 2.28. The number of benzene rings is 2. The summed E-state index contributed by atoms with van der Waals surface area (Å²) in [5, 5.41) is 0. The highest BCUT2D eigenvalue weighted by Gasteiger charge is 2.30. The maximum Gasteiger partial charge on any atom is 0.180 e. The molecular weight excluding hydrogens is 482 g/mol. The second kappa shape index (κ2) is 10.8. The van der Waals surface area contributed by atoms with Gasteiger partial charge in [-0.15, -0.1) is 0 Å². The Bertz CT molecular complexity index is 1160. The molecule has 33 heavy (non-hydrogen) atoms. The van der Waals surface area contributed by atoms with Gasteiger partial charge in [-0.25, -0.2) is 4.57 Å². The lowest BCUT2D eigenvalue weighted by molar-refractivity contribution is -0.688. The van der Waals surface area contributed by atoms with Crippen LogP contribution in [0.15, 0.2) is 60.9 Å². The van der Waals surface area contributed by atoms with E-state index in [1.54, 1.807) is 27.2 Å². The zero-order valence-corrected chi connectivity index (χ0v) is 20.7. The quantitative estimate of drug-likeness (QED) is 0.355. The molecule has 0 spiro atoms. The Labute approximate surface area is 205 Å². The van der Waals surface area contributed by atoms with Crippen molar-refractivity contribution in [1.29, 1.82) is 0 Å². The number of fused-ring (bicyclic) bond motifs is 1. The van der Waals surface area contributed by atoms with E-state index < -0.39 is 0 Å². The number of hydrogen-bond donors (Lipinski definition) is 0. The maximum absolute atomic E-state index is 13.3. The second-order valence-corrected chi connectivity index (χ2v) is 8.27. The van der Waals surface area contributed by atoms with Gasteiger partial charge < -0.3 is 26.5 Å². The van der Waals surface area contributed by atoms with Crippen LogP contribution in [0.25, 0.3) is 0 Å². The number of aromatic nitrogens is 1. The minimum Gasteiger partial charge on any atom is -1.00 e. The van der Waals surface area contributed by atoms with E-state index in [0.29, 0.717) is 35.6 Å². The summed E-state index contributed by atoms with van der Waals surface area (Å²) >= 11 is 0. The minimum absolute atomic E-state index is 0. The molecule has 1 atom stereocenters. The van der Waals surface area contributed by atoms with E-state index in [1.807, 2.05) is 47.3 Å². The third-order valence-corrected chi connectivity index (χ3v) is 6.17. The Morgan fingerprint density at radius 3 is 2.42 bits per heavy atom. The van der Waals surface area contributed by atoms with Gasteiger partial charge in [0, 0.05) is 23.1 Å². The van der Waals surface area contributed by atoms with Gasteiger partial charge in [0.05, 0.1) is 19.8 Å². The summed E-state index contributed by atoms with van der Waals surface area (Å²) < 4.78 is 12.8. The lowest BCUT2D eigenvalue weighted by Gasteiger charge is -2.25. The Kier molecular flexibility index (Phi) is 8.03. The molecular formula is C27H28BrNO4. The van der Waals surface area contributed by atoms with E-state index in [9.17, 15) is 9.59 Å². The summed E-state index contributed by atoms with van der Waals surface area (Å²) in [4.78, 5) is 25.7. The number of halogens is 1. The summed E-state index contributed by atoms with van der Waals surface area (Å²) in [6, 6.07) is 15.8. The van der Waals surface area contributed by atoms with Crippen molar-refractivity contribution < 1.29 is 40.6 Å². The molecule has 4 rings (SSSR count).